The van der Waals surface area contributed by atoms with Crippen LogP contribution in [0.15, 0.2) is 34.2 Å². The van der Waals surface area contributed by atoms with E-state index in [1.54, 1.807) is 29.2 Å². The Balaban J connectivity index is 0.00000480. The van der Waals surface area contributed by atoms with Gasteiger partial charge in [0.1, 0.15) is 0 Å². The third kappa shape index (κ3) is 7.04. The van der Waals surface area contributed by atoms with Crippen molar-refractivity contribution in [1.29, 1.82) is 0 Å². The average Bonchev–Trinajstić information content (AvgIpc) is 3.19. The fourth-order valence-corrected chi connectivity index (χ4v) is 4.64. The van der Waals surface area contributed by atoms with Gasteiger partial charge in [-0.25, -0.2) is 17.7 Å². The Morgan fingerprint density at radius 2 is 1.65 bits per heavy atom. The molecular formula is C21H36IN5O3S. The first-order valence-electron chi connectivity index (χ1n) is 10.4. The highest BCUT2D eigenvalue weighted by molar-refractivity contribution is 14.0. The predicted octanol–water partition coefficient (Wildman–Crippen LogP) is 2.26. The van der Waals surface area contributed by atoms with E-state index < -0.39 is 10.0 Å². The van der Waals surface area contributed by atoms with Gasteiger partial charge >= 0.3 is 0 Å². The minimum Gasteiger partial charge on any atom is -0.357 e. The summed E-state index contributed by atoms with van der Waals surface area (Å²) in [4.78, 5) is 19.3. The van der Waals surface area contributed by atoms with Crippen LogP contribution in [0.4, 0.5) is 0 Å². The van der Waals surface area contributed by atoms with E-state index in [0.29, 0.717) is 25.6 Å². The number of carbonyl (C=O) groups excluding carboxylic acids is 1. The van der Waals surface area contributed by atoms with Gasteiger partial charge in [0.25, 0.3) is 0 Å². The normalized spacial score (nSPS) is 16.0. The van der Waals surface area contributed by atoms with E-state index in [2.05, 4.69) is 15.6 Å². The summed E-state index contributed by atoms with van der Waals surface area (Å²) in [7, 11) is 3.21. The molecule has 1 aromatic carbocycles. The minimum atomic E-state index is -3.44. The van der Waals surface area contributed by atoms with Gasteiger partial charge in [0.05, 0.1) is 16.9 Å². The van der Waals surface area contributed by atoms with Crippen molar-refractivity contribution in [2.45, 2.75) is 44.0 Å². The average molecular weight is 566 g/mol. The van der Waals surface area contributed by atoms with E-state index in [4.69, 9.17) is 0 Å². The van der Waals surface area contributed by atoms with Crippen LogP contribution in [-0.4, -0.2) is 70.8 Å². The second-order valence-corrected chi connectivity index (χ2v) is 10.3. The summed E-state index contributed by atoms with van der Waals surface area (Å²) in [5.41, 5.74) is 0.534. The second kappa shape index (κ2) is 12.0. The van der Waals surface area contributed by atoms with Gasteiger partial charge < -0.3 is 15.5 Å². The summed E-state index contributed by atoms with van der Waals surface area (Å²) in [6.45, 7) is 3.66. The number of sulfonamides is 1. The highest BCUT2D eigenvalue weighted by atomic mass is 127. The van der Waals surface area contributed by atoms with Crippen LogP contribution in [-0.2, 0) is 21.4 Å². The van der Waals surface area contributed by atoms with E-state index in [9.17, 15) is 13.2 Å². The lowest BCUT2D eigenvalue weighted by atomic mass is 9.84. The molecule has 2 N–H and O–H groups in total. The van der Waals surface area contributed by atoms with Gasteiger partial charge in [-0.1, -0.05) is 25.0 Å². The molecule has 10 heteroatoms. The molecule has 1 aliphatic carbocycles. The van der Waals surface area contributed by atoms with Crippen LogP contribution in [0.3, 0.4) is 0 Å². The summed E-state index contributed by atoms with van der Waals surface area (Å²) in [5, 5.41) is 6.57. The number of benzene rings is 1. The first kappa shape index (κ1) is 27.6. The number of nitrogens with zero attached hydrogens (tertiary/aromatic N) is 3. The van der Waals surface area contributed by atoms with Crippen molar-refractivity contribution in [2.24, 2.45) is 10.4 Å². The summed E-state index contributed by atoms with van der Waals surface area (Å²) in [6, 6.07) is 6.75. The van der Waals surface area contributed by atoms with E-state index in [1.165, 1.54) is 18.4 Å². The topological polar surface area (TPSA) is 94.1 Å². The lowest BCUT2D eigenvalue weighted by molar-refractivity contribution is -0.138. The number of nitrogens with one attached hydrogen (secondary N) is 2. The molecule has 0 spiro atoms. The molecule has 1 fully saturated rings. The summed E-state index contributed by atoms with van der Waals surface area (Å²) in [5.74, 6) is 0.821. The van der Waals surface area contributed by atoms with Crippen LogP contribution >= 0.6 is 24.0 Å². The number of carbonyl (C=O) groups is 1. The van der Waals surface area contributed by atoms with Crippen LogP contribution < -0.4 is 10.6 Å². The van der Waals surface area contributed by atoms with Gasteiger partial charge in [-0.2, -0.15) is 0 Å². The van der Waals surface area contributed by atoms with E-state index in [0.717, 1.165) is 31.2 Å². The maximum atomic E-state index is 12.8. The number of amides is 1. The van der Waals surface area contributed by atoms with Crippen molar-refractivity contribution in [3.63, 3.8) is 0 Å². The molecule has 1 aliphatic rings. The molecular weight excluding hydrogens is 529 g/mol. The van der Waals surface area contributed by atoms with Crippen LogP contribution in [0.1, 0.15) is 38.2 Å². The summed E-state index contributed by atoms with van der Waals surface area (Å²) in [6.07, 6.45) is 3.91. The molecule has 31 heavy (non-hydrogen) atoms. The Kier molecular flexibility index (Phi) is 10.7. The largest absolute Gasteiger partial charge is 0.357 e. The first-order valence-corrected chi connectivity index (χ1v) is 11.8. The standard InChI is InChI=1S/C21H35N5O3S.HI/c1-6-22-20(24-16-21(13-7-8-14-21)19(27)25(2)3)23-15-17-9-11-18(12-10-17)30(28,29)26(4)5;/h9-12H,6-8,13-16H2,1-5H3,(H2,22,23,24);1H. The highest BCUT2D eigenvalue weighted by Gasteiger charge is 2.42. The summed E-state index contributed by atoms with van der Waals surface area (Å²) < 4.78 is 25.6. The van der Waals surface area contributed by atoms with Gasteiger partial charge in [-0.05, 0) is 37.5 Å². The van der Waals surface area contributed by atoms with Crippen molar-refractivity contribution in [3.8, 4) is 0 Å². The minimum absolute atomic E-state index is 0. The van der Waals surface area contributed by atoms with Crippen molar-refractivity contribution < 1.29 is 13.2 Å². The maximum Gasteiger partial charge on any atom is 0.242 e. The van der Waals surface area contributed by atoms with Crippen molar-refractivity contribution in [3.05, 3.63) is 29.8 Å². The molecule has 0 bridgehead atoms. The smallest absolute Gasteiger partial charge is 0.242 e. The number of halogens is 1. The van der Waals surface area contributed by atoms with Gasteiger partial charge in [0.15, 0.2) is 5.96 Å². The quantitative estimate of drug-likeness (QED) is 0.287. The molecule has 0 aliphatic heterocycles. The van der Waals surface area contributed by atoms with Crippen molar-refractivity contribution in [1.82, 2.24) is 19.8 Å². The molecule has 176 valence electrons. The molecule has 8 nitrogen and oxygen atoms in total. The predicted molar refractivity (Wildman–Crippen MR) is 135 cm³/mol. The molecule has 1 saturated carbocycles. The van der Waals surface area contributed by atoms with E-state index in [-0.39, 0.29) is 40.2 Å². The Labute approximate surface area is 203 Å². The number of guanidine groups is 1. The molecule has 1 amide bonds. The maximum absolute atomic E-state index is 12.8. The van der Waals surface area contributed by atoms with E-state index in [1.807, 2.05) is 21.0 Å². The Morgan fingerprint density at radius 3 is 2.13 bits per heavy atom. The third-order valence-corrected chi connectivity index (χ3v) is 7.31. The first-order chi connectivity index (χ1) is 14.1. The van der Waals surface area contributed by atoms with Crippen molar-refractivity contribution >= 4 is 45.9 Å². The zero-order valence-corrected chi connectivity index (χ0v) is 22.3. The molecule has 1 aromatic rings. The molecule has 0 aromatic heterocycles. The zero-order valence-electron chi connectivity index (χ0n) is 19.1. The number of hydrogen-bond donors (Lipinski definition) is 2. The lowest BCUT2D eigenvalue weighted by Crippen LogP contribution is -2.49. The molecule has 0 unspecified atom stereocenters. The SMILES string of the molecule is CCNC(=NCc1ccc(S(=O)(=O)N(C)C)cc1)NCC1(C(=O)N(C)C)CCCC1.I. The lowest BCUT2D eigenvalue weighted by Gasteiger charge is -2.31. The van der Waals surface area contributed by atoms with Crippen LogP contribution in [0, 0.1) is 5.41 Å². The molecule has 0 saturated heterocycles. The summed E-state index contributed by atoms with van der Waals surface area (Å²) >= 11 is 0. The fraction of sp³-hybridized carbons (Fsp3) is 0.619. The Morgan fingerprint density at radius 1 is 1.06 bits per heavy atom. The number of aliphatic imine (C=N–C) groups is 1. The van der Waals surface area contributed by atoms with Crippen LogP contribution in [0.2, 0.25) is 0 Å². The number of rotatable bonds is 8. The van der Waals surface area contributed by atoms with E-state index >= 15 is 0 Å². The van der Waals surface area contributed by atoms with Crippen LogP contribution in [0.25, 0.3) is 0 Å². The Hall–Kier alpha value is -1.40. The third-order valence-electron chi connectivity index (χ3n) is 5.48. The monoisotopic (exact) mass is 565 g/mol. The molecule has 0 heterocycles. The molecule has 0 atom stereocenters. The molecule has 0 radical (unpaired) electrons. The van der Waals surface area contributed by atoms with Gasteiger partial charge in [-0.15, -0.1) is 24.0 Å². The van der Waals surface area contributed by atoms with Gasteiger partial charge in [-0.3, -0.25) is 4.79 Å². The Bertz CT molecular complexity index is 848. The number of hydrogen-bond acceptors (Lipinski definition) is 4. The second-order valence-electron chi connectivity index (χ2n) is 8.17. The fourth-order valence-electron chi connectivity index (χ4n) is 3.74. The van der Waals surface area contributed by atoms with Crippen LogP contribution in [0.5, 0.6) is 0 Å². The highest BCUT2D eigenvalue weighted by Crippen LogP contribution is 2.38. The van der Waals surface area contributed by atoms with Gasteiger partial charge in [0, 0.05) is 41.3 Å². The van der Waals surface area contributed by atoms with Crippen molar-refractivity contribution in [2.75, 3.05) is 41.3 Å². The molecule has 2 rings (SSSR count). The zero-order chi connectivity index (χ0) is 22.4. The van der Waals surface area contributed by atoms with Gasteiger partial charge in [0.2, 0.25) is 15.9 Å².